The Balaban J connectivity index is 0.00000484. The van der Waals surface area contributed by atoms with Gasteiger partial charge in [-0.15, -0.1) is 12.4 Å². The van der Waals surface area contributed by atoms with Crippen molar-refractivity contribution < 1.29 is 13.2 Å². The Hall–Kier alpha value is -0.370. The minimum absolute atomic E-state index is 0. The Labute approximate surface area is 147 Å². The maximum atomic E-state index is 12.8. The van der Waals surface area contributed by atoms with E-state index in [1.807, 2.05) is 25.7 Å². The van der Waals surface area contributed by atoms with Crippen molar-refractivity contribution in [2.75, 3.05) is 32.4 Å². The average Bonchev–Trinajstić information content (AvgIpc) is 2.49. The molecule has 1 saturated heterocycles. The highest BCUT2D eigenvalue weighted by molar-refractivity contribution is 7.88. The van der Waals surface area contributed by atoms with Crippen LogP contribution in [0.3, 0.4) is 0 Å². The number of carbonyl (C=O) groups is 1. The number of nitrogens with two attached hydrogens (primary N) is 1. The lowest BCUT2D eigenvalue weighted by molar-refractivity contribution is -0.143. The molecule has 1 fully saturated rings. The molecule has 0 aliphatic carbocycles. The molecule has 2 N–H and O–H groups in total. The zero-order valence-electron chi connectivity index (χ0n) is 14.7. The van der Waals surface area contributed by atoms with Gasteiger partial charge < -0.3 is 10.6 Å². The molecular formula is C15H32ClN3O3S. The largest absolute Gasteiger partial charge is 0.342 e. The van der Waals surface area contributed by atoms with Crippen molar-refractivity contribution in [2.24, 2.45) is 11.1 Å². The molecule has 0 bridgehead atoms. The molecule has 8 heteroatoms. The molecule has 0 aromatic heterocycles. The maximum absolute atomic E-state index is 12.8. The van der Waals surface area contributed by atoms with Crippen LogP contribution in [-0.2, 0) is 14.8 Å². The van der Waals surface area contributed by atoms with Crippen molar-refractivity contribution in [1.29, 1.82) is 0 Å². The number of sulfonamides is 1. The van der Waals surface area contributed by atoms with Crippen LogP contribution in [0.15, 0.2) is 0 Å². The van der Waals surface area contributed by atoms with E-state index in [1.54, 1.807) is 4.31 Å². The minimum Gasteiger partial charge on any atom is -0.342 e. The van der Waals surface area contributed by atoms with Crippen molar-refractivity contribution in [3.63, 3.8) is 0 Å². The summed E-state index contributed by atoms with van der Waals surface area (Å²) in [6.07, 6.45) is 4.12. The van der Waals surface area contributed by atoms with E-state index in [0.717, 1.165) is 12.8 Å². The van der Waals surface area contributed by atoms with Crippen LogP contribution < -0.4 is 5.73 Å². The summed E-state index contributed by atoms with van der Waals surface area (Å²) in [5, 5.41) is 0. The first-order valence-electron chi connectivity index (χ1n) is 8.22. The van der Waals surface area contributed by atoms with Gasteiger partial charge in [0.15, 0.2) is 0 Å². The summed E-state index contributed by atoms with van der Waals surface area (Å²) in [6, 6.07) is -0.000389. The molecule has 6 nitrogen and oxygen atoms in total. The average molecular weight is 370 g/mol. The molecular weight excluding hydrogens is 338 g/mol. The number of piperidine rings is 1. The molecule has 0 spiro atoms. The van der Waals surface area contributed by atoms with Gasteiger partial charge in [0.05, 0.1) is 11.7 Å². The van der Waals surface area contributed by atoms with E-state index in [4.69, 9.17) is 5.73 Å². The second-order valence-corrected chi connectivity index (χ2v) is 8.12. The van der Waals surface area contributed by atoms with Gasteiger partial charge in [0, 0.05) is 32.2 Å². The summed E-state index contributed by atoms with van der Waals surface area (Å²) in [5.41, 5.74) is 5.39. The Morgan fingerprint density at radius 1 is 1.22 bits per heavy atom. The smallest absolute Gasteiger partial charge is 0.230 e. The van der Waals surface area contributed by atoms with Crippen LogP contribution in [0.5, 0.6) is 0 Å². The Morgan fingerprint density at radius 3 is 2.00 bits per heavy atom. The van der Waals surface area contributed by atoms with Gasteiger partial charge >= 0.3 is 0 Å². The number of likely N-dealkylation sites (tertiary alicyclic amines) is 1. The van der Waals surface area contributed by atoms with Crippen LogP contribution in [0.2, 0.25) is 0 Å². The highest BCUT2D eigenvalue weighted by atomic mass is 35.5. The molecule has 23 heavy (non-hydrogen) atoms. The molecule has 0 aromatic carbocycles. The molecule has 0 aromatic rings. The normalized spacial score (nSPS) is 17.2. The van der Waals surface area contributed by atoms with Crippen molar-refractivity contribution in [1.82, 2.24) is 9.21 Å². The molecule has 138 valence electrons. The second-order valence-electron chi connectivity index (χ2n) is 6.18. The molecule has 0 radical (unpaired) electrons. The summed E-state index contributed by atoms with van der Waals surface area (Å²) in [4.78, 5) is 14.6. The monoisotopic (exact) mass is 369 g/mol. The predicted molar refractivity (Wildman–Crippen MR) is 96.1 cm³/mol. The fourth-order valence-corrected chi connectivity index (χ4v) is 4.61. The van der Waals surface area contributed by atoms with Gasteiger partial charge in [-0.05, 0) is 25.7 Å². The van der Waals surface area contributed by atoms with Crippen molar-refractivity contribution in [2.45, 2.75) is 52.5 Å². The molecule has 1 amide bonds. The lowest BCUT2D eigenvalue weighted by Crippen LogP contribution is -2.53. The van der Waals surface area contributed by atoms with E-state index >= 15 is 0 Å². The third-order valence-corrected chi connectivity index (χ3v) is 6.50. The number of rotatable bonds is 7. The lowest BCUT2D eigenvalue weighted by Gasteiger charge is -2.41. The van der Waals surface area contributed by atoms with E-state index in [-0.39, 0.29) is 24.4 Å². The van der Waals surface area contributed by atoms with Crippen molar-refractivity contribution in [3.05, 3.63) is 0 Å². The summed E-state index contributed by atoms with van der Waals surface area (Å²) in [7, 11) is -3.18. The number of carbonyl (C=O) groups excluding carboxylic acids is 1. The van der Waals surface area contributed by atoms with Crippen LogP contribution >= 0.6 is 12.4 Å². The standard InChI is InChI=1S/C15H31N3O3S.ClH/c1-5-15(6-2,12-16)14(19)17-10-8-13(9-11-17)18(7-3)22(4,20)21;/h13H,5-12,16H2,1-4H3;1H. The Bertz CT molecular complexity index is 464. The third-order valence-electron chi connectivity index (χ3n) is 5.09. The summed E-state index contributed by atoms with van der Waals surface area (Å²) in [5.74, 6) is 0.126. The molecule has 0 atom stereocenters. The van der Waals surface area contributed by atoms with Crippen LogP contribution in [0.25, 0.3) is 0 Å². The fraction of sp³-hybridized carbons (Fsp3) is 0.933. The van der Waals surface area contributed by atoms with Crippen molar-refractivity contribution in [3.8, 4) is 0 Å². The summed E-state index contributed by atoms with van der Waals surface area (Å²) < 4.78 is 25.2. The maximum Gasteiger partial charge on any atom is 0.230 e. The first-order chi connectivity index (χ1) is 10.3. The predicted octanol–water partition coefficient (Wildman–Crippen LogP) is 1.45. The quantitative estimate of drug-likeness (QED) is 0.736. The van der Waals surface area contributed by atoms with Gasteiger partial charge in [-0.25, -0.2) is 8.42 Å². The number of amides is 1. The van der Waals surface area contributed by atoms with Gasteiger partial charge in [-0.3, -0.25) is 4.79 Å². The van der Waals surface area contributed by atoms with Gasteiger partial charge in [0.2, 0.25) is 15.9 Å². The van der Waals surface area contributed by atoms with E-state index in [9.17, 15) is 13.2 Å². The summed E-state index contributed by atoms with van der Waals surface area (Å²) in [6.45, 7) is 7.92. The van der Waals surface area contributed by atoms with Gasteiger partial charge in [0.25, 0.3) is 0 Å². The number of hydrogen-bond acceptors (Lipinski definition) is 4. The fourth-order valence-electron chi connectivity index (χ4n) is 3.38. The van der Waals surface area contributed by atoms with Crippen LogP contribution in [0.1, 0.15) is 46.5 Å². The number of nitrogens with zero attached hydrogens (tertiary/aromatic N) is 2. The van der Waals surface area contributed by atoms with Gasteiger partial charge in [0.1, 0.15) is 0 Å². The Morgan fingerprint density at radius 2 is 1.70 bits per heavy atom. The molecule has 1 rings (SSSR count). The number of hydrogen-bond donors (Lipinski definition) is 1. The SMILES string of the molecule is CCN(C1CCN(C(=O)C(CC)(CC)CN)CC1)S(C)(=O)=O.Cl. The highest BCUT2D eigenvalue weighted by Crippen LogP contribution is 2.30. The van der Waals surface area contributed by atoms with E-state index in [0.29, 0.717) is 39.0 Å². The molecule has 1 aliphatic rings. The zero-order valence-corrected chi connectivity index (χ0v) is 16.4. The molecule has 0 saturated carbocycles. The van der Waals surface area contributed by atoms with E-state index in [2.05, 4.69) is 0 Å². The third kappa shape index (κ3) is 5.05. The Kier molecular flexibility index (Phi) is 9.05. The lowest BCUT2D eigenvalue weighted by atomic mass is 9.80. The molecule has 1 heterocycles. The zero-order chi connectivity index (χ0) is 17.0. The molecule has 1 aliphatic heterocycles. The van der Waals surface area contributed by atoms with Crippen molar-refractivity contribution >= 4 is 28.3 Å². The highest BCUT2D eigenvalue weighted by Gasteiger charge is 2.39. The van der Waals surface area contributed by atoms with E-state index < -0.39 is 15.4 Å². The van der Waals surface area contributed by atoms with Gasteiger partial charge in [-0.2, -0.15) is 4.31 Å². The minimum atomic E-state index is -3.18. The topological polar surface area (TPSA) is 83.7 Å². The first-order valence-corrected chi connectivity index (χ1v) is 10.1. The van der Waals surface area contributed by atoms with Gasteiger partial charge in [-0.1, -0.05) is 20.8 Å². The second kappa shape index (κ2) is 9.20. The first kappa shape index (κ1) is 22.6. The summed E-state index contributed by atoms with van der Waals surface area (Å²) >= 11 is 0. The molecule has 0 unspecified atom stereocenters. The van der Waals surface area contributed by atoms with Crippen LogP contribution in [0, 0.1) is 5.41 Å². The van der Waals surface area contributed by atoms with E-state index in [1.165, 1.54) is 6.26 Å². The van der Waals surface area contributed by atoms with Crippen LogP contribution in [-0.4, -0.2) is 62.0 Å². The number of halogens is 1. The van der Waals surface area contributed by atoms with Crippen LogP contribution in [0.4, 0.5) is 0 Å².